The Bertz CT molecular complexity index is 643. The topological polar surface area (TPSA) is 109 Å². The smallest absolute Gasteiger partial charge is 0.328 e. The van der Waals surface area contributed by atoms with Crippen molar-refractivity contribution in [2.24, 2.45) is 0 Å². The van der Waals surface area contributed by atoms with Crippen LogP contribution < -0.4 is 10.8 Å². The van der Waals surface area contributed by atoms with E-state index in [-0.39, 0.29) is 0 Å². The molecule has 2 rings (SSSR count). The van der Waals surface area contributed by atoms with E-state index in [2.05, 4.69) is 47.5 Å². The van der Waals surface area contributed by atoms with Gasteiger partial charge in [0.1, 0.15) is 0 Å². The number of pyridine rings is 1. The van der Waals surface area contributed by atoms with Gasteiger partial charge in [-0.25, -0.2) is 4.79 Å². The number of aliphatic carboxylic acids is 2. The maximum atomic E-state index is 9.53. The summed E-state index contributed by atoms with van der Waals surface area (Å²) >= 11 is 0. The second kappa shape index (κ2) is 7.86. The van der Waals surface area contributed by atoms with E-state index in [1.54, 1.807) is 0 Å². The molecule has 2 heterocycles. The number of fused-ring (bicyclic) bond motifs is 1. The van der Waals surface area contributed by atoms with Crippen molar-refractivity contribution in [2.75, 3.05) is 6.54 Å². The number of hydrogen-bond acceptors (Lipinski definition) is 3. The summed E-state index contributed by atoms with van der Waals surface area (Å²) in [6, 6.07) is 8.51. The summed E-state index contributed by atoms with van der Waals surface area (Å²) in [7, 11) is 0. The third kappa shape index (κ3) is 5.12. The molecular weight excluding hydrogens is 272 g/mol. The monoisotopic (exact) mass is 290 g/mol. The molecule has 0 amide bonds. The maximum Gasteiger partial charge on any atom is 0.328 e. The SMILES string of the molecule is Cc1cc2ccccn2c1CC[NH3+].O=C([O-])/C=C\C(=O)O. The van der Waals surface area contributed by atoms with E-state index in [0.29, 0.717) is 12.2 Å². The zero-order chi connectivity index (χ0) is 15.8. The maximum absolute atomic E-state index is 9.53. The van der Waals surface area contributed by atoms with Gasteiger partial charge in [0.05, 0.1) is 12.5 Å². The van der Waals surface area contributed by atoms with Gasteiger partial charge >= 0.3 is 5.97 Å². The molecule has 0 unspecified atom stereocenters. The van der Waals surface area contributed by atoms with Gasteiger partial charge in [-0.3, -0.25) is 0 Å². The van der Waals surface area contributed by atoms with Gasteiger partial charge in [-0.2, -0.15) is 0 Å². The van der Waals surface area contributed by atoms with Gasteiger partial charge in [-0.1, -0.05) is 6.07 Å². The molecule has 0 fully saturated rings. The lowest BCUT2D eigenvalue weighted by Crippen LogP contribution is -2.51. The Morgan fingerprint density at radius 1 is 1.38 bits per heavy atom. The molecule has 6 nitrogen and oxygen atoms in total. The molecule has 2 aromatic heterocycles. The summed E-state index contributed by atoms with van der Waals surface area (Å²) < 4.78 is 2.25. The van der Waals surface area contributed by atoms with Crippen LogP contribution in [0.1, 0.15) is 11.3 Å². The summed E-state index contributed by atoms with van der Waals surface area (Å²) in [5.41, 5.74) is 7.94. The molecular formula is C15H18N2O4. The fraction of sp³-hybridized carbons (Fsp3) is 0.200. The van der Waals surface area contributed by atoms with Crippen molar-refractivity contribution in [1.82, 2.24) is 4.40 Å². The van der Waals surface area contributed by atoms with Crippen molar-refractivity contribution >= 4 is 17.5 Å². The second-order valence-corrected chi connectivity index (χ2v) is 4.36. The number of carboxylic acid groups (broad SMARTS) is 2. The van der Waals surface area contributed by atoms with Gasteiger partial charge < -0.3 is 25.1 Å². The minimum absolute atomic E-state index is 0.447. The molecule has 0 aliphatic rings. The highest BCUT2D eigenvalue weighted by Crippen LogP contribution is 2.15. The van der Waals surface area contributed by atoms with E-state index < -0.39 is 11.9 Å². The number of nitrogens with zero attached hydrogens (tertiary/aromatic N) is 1. The van der Waals surface area contributed by atoms with Crippen molar-refractivity contribution in [3.05, 3.63) is 53.9 Å². The molecule has 0 saturated carbocycles. The highest BCUT2D eigenvalue weighted by molar-refractivity contribution is 5.88. The molecule has 112 valence electrons. The molecule has 0 saturated heterocycles. The lowest BCUT2D eigenvalue weighted by Gasteiger charge is -2.00. The van der Waals surface area contributed by atoms with Crippen LogP contribution in [0.15, 0.2) is 42.6 Å². The average molecular weight is 290 g/mol. The summed E-state index contributed by atoms with van der Waals surface area (Å²) in [5.74, 6) is -2.80. The summed E-state index contributed by atoms with van der Waals surface area (Å²) in [6.07, 6.45) is 4.12. The zero-order valence-electron chi connectivity index (χ0n) is 11.8. The number of carboxylic acids is 2. The van der Waals surface area contributed by atoms with Crippen molar-refractivity contribution in [1.29, 1.82) is 0 Å². The molecule has 4 N–H and O–H groups in total. The van der Waals surface area contributed by atoms with Gasteiger partial charge in [-0.05, 0) is 36.8 Å². The third-order valence-corrected chi connectivity index (χ3v) is 2.78. The van der Waals surface area contributed by atoms with E-state index in [1.807, 2.05) is 0 Å². The number of quaternary nitrogens is 1. The number of carbonyl (C=O) groups excluding carboxylic acids is 1. The fourth-order valence-electron chi connectivity index (χ4n) is 1.94. The highest BCUT2D eigenvalue weighted by Gasteiger charge is 2.04. The molecule has 2 aromatic rings. The zero-order valence-corrected chi connectivity index (χ0v) is 11.8. The molecule has 0 aliphatic carbocycles. The van der Waals surface area contributed by atoms with Crippen LogP contribution in [0.4, 0.5) is 0 Å². The normalized spacial score (nSPS) is 10.4. The quantitative estimate of drug-likeness (QED) is 0.733. The molecule has 0 aromatic carbocycles. The first-order chi connectivity index (χ1) is 9.95. The number of aromatic nitrogens is 1. The summed E-state index contributed by atoms with van der Waals surface area (Å²) in [4.78, 5) is 19.0. The number of carbonyl (C=O) groups is 2. The van der Waals surface area contributed by atoms with Crippen LogP contribution >= 0.6 is 0 Å². The summed E-state index contributed by atoms with van der Waals surface area (Å²) in [5, 5.41) is 17.2. The van der Waals surface area contributed by atoms with Crippen LogP contribution in [0.5, 0.6) is 0 Å². The van der Waals surface area contributed by atoms with E-state index in [4.69, 9.17) is 5.11 Å². The van der Waals surface area contributed by atoms with E-state index in [0.717, 1.165) is 13.0 Å². The van der Waals surface area contributed by atoms with E-state index in [9.17, 15) is 14.7 Å². The van der Waals surface area contributed by atoms with Gasteiger partial charge in [0.2, 0.25) is 0 Å². The Kier molecular flexibility index (Phi) is 6.16. The Morgan fingerprint density at radius 3 is 2.62 bits per heavy atom. The Labute approximate surface area is 122 Å². The predicted octanol–water partition coefficient (Wildman–Crippen LogP) is -0.591. The van der Waals surface area contributed by atoms with Gasteiger partial charge in [0.15, 0.2) is 0 Å². The van der Waals surface area contributed by atoms with Crippen molar-refractivity contribution in [3.8, 4) is 0 Å². The molecule has 0 atom stereocenters. The molecule has 0 spiro atoms. The van der Waals surface area contributed by atoms with Gasteiger partial charge in [-0.15, -0.1) is 0 Å². The van der Waals surface area contributed by atoms with E-state index in [1.165, 1.54) is 16.8 Å². The molecule has 0 aliphatic heterocycles. The van der Waals surface area contributed by atoms with Crippen molar-refractivity contribution in [2.45, 2.75) is 13.3 Å². The Hall–Kier alpha value is -2.60. The molecule has 21 heavy (non-hydrogen) atoms. The Balaban J connectivity index is 0.000000240. The summed E-state index contributed by atoms with van der Waals surface area (Å²) in [6.45, 7) is 3.12. The lowest BCUT2D eigenvalue weighted by atomic mass is 10.2. The van der Waals surface area contributed by atoms with Crippen molar-refractivity contribution < 1.29 is 25.5 Å². The lowest BCUT2D eigenvalue weighted by molar-refractivity contribution is -0.366. The first-order valence-electron chi connectivity index (χ1n) is 6.42. The molecule has 0 radical (unpaired) electrons. The third-order valence-electron chi connectivity index (χ3n) is 2.78. The largest absolute Gasteiger partial charge is 0.545 e. The van der Waals surface area contributed by atoms with Crippen LogP contribution in [0, 0.1) is 6.92 Å². The predicted molar refractivity (Wildman–Crippen MR) is 75.4 cm³/mol. The van der Waals surface area contributed by atoms with Crippen LogP contribution in [0.2, 0.25) is 0 Å². The first-order valence-corrected chi connectivity index (χ1v) is 6.42. The standard InChI is InChI=1S/C11H14N2.C4H4O4/c1-9-8-10-4-2-3-7-13(10)11(9)5-6-12;5-3(6)1-2-4(7)8/h2-4,7-8H,5-6,12H2,1H3;1-2H,(H,5,6)(H,7,8)/b;2-1-. The highest BCUT2D eigenvalue weighted by atomic mass is 16.4. The number of rotatable bonds is 4. The van der Waals surface area contributed by atoms with Crippen LogP contribution in [-0.4, -0.2) is 28.0 Å². The minimum Gasteiger partial charge on any atom is -0.545 e. The molecule has 6 heteroatoms. The van der Waals surface area contributed by atoms with Gasteiger partial charge in [0, 0.05) is 29.9 Å². The number of aryl methyl sites for hydroxylation is 1. The Morgan fingerprint density at radius 2 is 2.10 bits per heavy atom. The van der Waals surface area contributed by atoms with Gasteiger partial charge in [0.25, 0.3) is 0 Å². The number of hydrogen-bond donors (Lipinski definition) is 2. The van der Waals surface area contributed by atoms with Crippen LogP contribution in [0.25, 0.3) is 5.52 Å². The average Bonchev–Trinajstić information content (AvgIpc) is 2.74. The molecule has 0 bridgehead atoms. The first kappa shape index (κ1) is 16.5. The van der Waals surface area contributed by atoms with Crippen LogP contribution in [-0.2, 0) is 16.0 Å². The fourth-order valence-corrected chi connectivity index (χ4v) is 1.94. The van der Waals surface area contributed by atoms with E-state index >= 15 is 0 Å². The minimum atomic E-state index is -1.51. The second-order valence-electron chi connectivity index (χ2n) is 4.36. The van der Waals surface area contributed by atoms with Crippen LogP contribution in [0.3, 0.4) is 0 Å². The van der Waals surface area contributed by atoms with Crippen molar-refractivity contribution in [3.63, 3.8) is 0 Å².